The summed E-state index contributed by atoms with van der Waals surface area (Å²) < 4.78 is 18.7. The third kappa shape index (κ3) is 4.09. The molecule has 3 rings (SSSR count). The number of hydrogen-bond donors (Lipinski definition) is 1. The fraction of sp³-hybridized carbons (Fsp3) is 0.526. The summed E-state index contributed by atoms with van der Waals surface area (Å²) >= 11 is 0. The Morgan fingerprint density at radius 2 is 2.15 bits per heavy atom. The summed E-state index contributed by atoms with van der Waals surface area (Å²) in [6.07, 6.45) is 0.687. The van der Waals surface area contributed by atoms with Crippen LogP contribution in [0.1, 0.15) is 50.4 Å². The predicted molar refractivity (Wildman–Crippen MR) is 95.0 cm³/mol. The molecule has 0 unspecified atom stereocenters. The number of amides is 1. The largest absolute Gasteiger partial charge is 0.340 e. The second kappa shape index (κ2) is 7.15. The molecule has 1 fully saturated rings. The summed E-state index contributed by atoms with van der Waals surface area (Å²) in [5, 5.41) is 3.97. The number of benzene rings is 1. The highest BCUT2D eigenvalue weighted by Gasteiger charge is 2.34. The van der Waals surface area contributed by atoms with Crippen molar-refractivity contribution in [3.63, 3.8) is 0 Å². The van der Waals surface area contributed by atoms with Crippen LogP contribution in [0.15, 0.2) is 28.8 Å². The molecule has 1 amide bonds. The van der Waals surface area contributed by atoms with Gasteiger partial charge in [0.15, 0.2) is 5.82 Å². The number of aromatic nitrogens is 2. The van der Waals surface area contributed by atoms with Crippen molar-refractivity contribution in [1.82, 2.24) is 15.0 Å². The first-order chi connectivity index (χ1) is 12.2. The van der Waals surface area contributed by atoms with Crippen LogP contribution in [0.2, 0.25) is 0 Å². The summed E-state index contributed by atoms with van der Waals surface area (Å²) in [6, 6.07) is 6.23. The Labute approximate surface area is 152 Å². The molecule has 2 aromatic rings. The van der Waals surface area contributed by atoms with E-state index in [4.69, 9.17) is 10.3 Å². The van der Waals surface area contributed by atoms with Crippen LogP contribution in [-0.2, 0) is 16.6 Å². The second-order valence-electron chi connectivity index (χ2n) is 7.89. The zero-order valence-corrected chi connectivity index (χ0v) is 15.4. The lowest BCUT2D eigenvalue weighted by atomic mass is 9.95. The Morgan fingerprint density at radius 1 is 1.38 bits per heavy atom. The molecule has 1 aliphatic heterocycles. The Kier molecular flexibility index (Phi) is 5.09. The van der Waals surface area contributed by atoms with E-state index in [1.165, 1.54) is 12.1 Å². The third-order valence-electron chi connectivity index (χ3n) is 4.69. The highest BCUT2D eigenvalue weighted by Crippen LogP contribution is 2.27. The minimum atomic E-state index is -0.287. The molecule has 1 aromatic carbocycles. The molecule has 2 N–H and O–H groups in total. The third-order valence-corrected chi connectivity index (χ3v) is 4.69. The number of nitrogens with two attached hydrogens (primary N) is 1. The highest BCUT2D eigenvalue weighted by atomic mass is 19.1. The van der Waals surface area contributed by atoms with Crippen LogP contribution in [0.25, 0.3) is 0 Å². The van der Waals surface area contributed by atoms with E-state index in [0.29, 0.717) is 31.2 Å². The summed E-state index contributed by atoms with van der Waals surface area (Å²) in [4.78, 5) is 18.6. The molecule has 7 heteroatoms. The van der Waals surface area contributed by atoms with Gasteiger partial charge in [-0.2, -0.15) is 4.98 Å². The summed E-state index contributed by atoms with van der Waals surface area (Å²) in [5.74, 6) is 0.758. The summed E-state index contributed by atoms with van der Waals surface area (Å²) in [6.45, 7) is 6.98. The Morgan fingerprint density at radius 3 is 2.81 bits per heavy atom. The van der Waals surface area contributed by atoms with Crippen molar-refractivity contribution in [3.05, 3.63) is 47.4 Å². The molecule has 2 heterocycles. The van der Waals surface area contributed by atoms with E-state index in [1.807, 2.05) is 26.8 Å². The minimum absolute atomic E-state index is 0.00476. The molecular weight excluding hydrogens is 335 g/mol. The van der Waals surface area contributed by atoms with Crippen LogP contribution in [0.4, 0.5) is 4.39 Å². The van der Waals surface area contributed by atoms with E-state index in [2.05, 4.69) is 10.1 Å². The van der Waals surface area contributed by atoms with Crippen molar-refractivity contribution >= 4 is 5.91 Å². The highest BCUT2D eigenvalue weighted by molar-refractivity contribution is 5.77. The first-order valence-corrected chi connectivity index (χ1v) is 8.86. The van der Waals surface area contributed by atoms with Crippen molar-refractivity contribution in [2.24, 2.45) is 5.73 Å². The van der Waals surface area contributed by atoms with Crippen LogP contribution >= 0.6 is 0 Å². The second-order valence-corrected chi connectivity index (χ2v) is 7.89. The van der Waals surface area contributed by atoms with E-state index in [0.717, 1.165) is 5.56 Å². The van der Waals surface area contributed by atoms with Gasteiger partial charge in [-0.25, -0.2) is 4.39 Å². The molecule has 0 aliphatic carbocycles. The maximum absolute atomic E-state index is 13.5. The molecule has 2 atom stereocenters. The van der Waals surface area contributed by atoms with E-state index in [-0.39, 0.29) is 35.5 Å². The number of likely N-dealkylation sites (tertiary alicyclic amines) is 1. The first-order valence-electron chi connectivity index (χ1n) is 8.86. The molecule has 1 aliphatic rings. The molecule has 0 radical (unpaired) electrons. The smallest absolute Gasteiger partial charge is 0.227 e. The molecule has 0 bridgehead atoms. The molecule has 0 saturated carbocycles. The van der Waals surface area contributed by atoms with Gasteiger partial charge < -0.3 is 15.2 Å². The van der Waals surface area contributed by atoms with Crippen LogP contribution in [0.5, 0.6) is 0 Å². The predicted octanol–water partition coefficient (Wildman–Crippen LogP) is 2.39. The van der Waals surface area contributed by atoms with Crippen molar-refractivity contribution in [2.75, 3.05) is 13.1 Å². The number of carbonyl (C=O) groups excluding carboxylic acids is 1. The Bertz CT molecular complexity index is 784. The SMILES string of the molecule is CC(C)(C)c1noc(CCC(=O)N2C[C@@H](N)[C@H](c3cccc(F)c3)C2)n1. The van der Waals surface area contributed by atoms with Crippen molar-refractivity contribution in [1.29, 1.82) is 0 Å². The maximum Gasteiger partial charge on any atom is 0.227 e. The van der Waals surface area contributed by atoms with Gasteiger partial charge in [-0.3, -0.25) is 4.79 Å². The van der Waals surface area contributed by atoms with Crippen molar-refractivity contribution in [3.8, 4) is 0 Å². The molecule has 1 saturated heterocycles. The van der Waals surface area contributed by atoms with Gasteiger partial charge >= 0.3 is 0 Å². The van der Waals surface area contributed by atoms with Gasteiger partial charge in [-0.15, -0.1) is 0 Å². The van der Waals surface area contributed by atoms with Gasteiger partial charge in [-0.1, -0.05) is 38.1 Å². The van der Waals surface area contributed by atoms with Gasteiger partial charge in [0, 0.05) is 43.3 Å². The molecule has 6 nitrogen and oxygen atoms in total. The van der Waals surface area contributed by atoms with Gasteiger partial charge in [0.25, 0.3) is 0 Å². The van der Waals surface area contributed by atoms with Crippen molar-refractivity contribution < 1.29 is 13.7 Å². The van der Waals surface area contributed by atoms with Gasteiger partial charge in [0.1, 0.15) is 5.82 Å². The minimum Gasteiger partial charge on any atom is -0.340 e. The fourth-order valence-electron chi connectivity index (χ4n) is 3.16. The number of hydrogen-bond acceptors (Lipinski definition) is 5. The fourth-order valence-corrected chi connectivity index (χ4v) is 3.16. The van der Waals surface area contributed by atoms with Crippen LogP contribution in [0.3, 0.4) is 0 Å². The first kappa shape index (κ1) is 18.5. The maximum atomic E-state index is 13.5. The Balaban J connectivity index is 1.58. The van der Waals surface area contributed by atoms with Gasteiger partial charge in [0.2, 0.25) is 11.8 Å². The molecule has 1 aromatic heterocycles. The number of carbonyl (C=O) groups is 1. The zero-order chi connectivity index (χ0) is 18.9. The monoisotopic (exact) mass is 360 g/mol. The molecule has 140 valence electrons. The number of aryl methyl sites for hydroxylation is 1. The summed E-state index contributed by atoms with van der Waals surface area (Å²) in [7, 11) is 0. The lowest BCUT2D eigenvalue weighted by molar-refractivity contribution is -0.130. The topological polar surface area (TPSA) is 85.2 Å². The quantitative estimate of drug-likeness (QED) is 0.905. The average Bonchev–Trinajstić information content (AvgIpc) is 3.19. The number of halogens is 1. The lowest BCUT2D eigenvalue weighted by Crippen LogP contribution is -2.32. The van der Waals surface area contributed by atoms with Crippen LogP contribution in [0, 0.1) is 5.82 Å². The zero-order valence-electron chi connectivity index (χ0n) is 15.4. The van der Waals surface area contributed by atoms with Crippen LogP contribution in [-0.4, -0.2) is 40.1 Å². The Hall–Kier alpha value is -2.28. The van der Waals surface area contributed by atoms with E-state index in [9.17, 15) is 9.18 Å². The number of nitrogens with zero attached hydrogens (tertiary/aromatic N) is 3. The van der Waals surface area contributed by atoms with E-state index in [1.54, 1.807) is 11.0 Å². The standard InChI is InChI=1S/C19H25FN4O2/c1-19(2,3)18-22-16(26-23-18)7-8-17(25)24-10-14(15(21)11-24)12-5-4-6-13(20)9-12/h4-6,9,14-15H,7-8,10-11,21H2,1-3H3/t14-,15+/m0/s1. The van der Waals surface area contributed by atoms with E-state index < -0.39 is 0 Å². The average molecular weight is 360 g/mol. The van der Waals surface area contributed by atoms with Gasteiger partial charge in [0.05, 0.1) is 0 Å². The molecular formula is C19H25FN4O2. The lowest BCUT2D eigenvalue weighted by Gasteiger charge is -2.16. The molecule has 0 spiro atoms. The van der Waals surface area contributed by atoms with Crippen molar-refractivity contribution in [2.45, 2.75) is 51.0 Å². The van der Waals surface area contributed by atoms with Crippen LogP contribution < -0.4 is 5.73 Å². The number of rotatable bonds is 4. The molecule has 26 heavy (non-hydrogen) atoms. The summed E-state index contributed by atoms with van der Waals surface area (Å²) in [5.41, 5.74) is 6.83. The van der Waals surface area contributed by atoms with Gasteiger partial charge in [-0.05, 0) is 17.7 Å². The normalized spacial score (nSPS) is 20.6. The van der Waals surface area contributed by atoms with E-state index >= 15 is 0 Å².